The number of carbonyl (C=O) groups is 2. The first kappa shape index (κ1) is 14.7. The number of hydrogen-bond donors (Lipinski definition) is 1. The van der Waals surface area contributed by atoms with E-state index in [0.29, 0.717) is 23.8 Å². The van der Waals surface area contributed by atoms with Gasteiger partial charge in [0.05, 0.1) is 12.1 Å². The van der Waals surface area contributed by atoms with Gasteiger partial charge in [-0.25, -0.2) is 4.98 Å². The van der Waals surface area contributed by atoms with Gasteiger partial charge in [-0.15, -0.1) is 11.3 Å². The number of thiazole rings is 1. The average molecular weight is 315 g/mol. The zero-order valence-corrected chi connectivity index (χ0v) is 12.9. The van der Waals surface area contributed by atoms with E-state index in [1.165, 1.54) is 11.3 Å². The van der Waals surface area contributed by atoms with Crippen molar-refractivity contribution in [2.45, 2.75) is 25.8 Å². The minimum Gasteiger partial charge on any atom is -0.352 e. The summed E-state index contributed by atoms with van der Waals surface area (Å²) in [5, 5.41) is 5.43. The van der Waals surface area contributed by atoms with E-state index in [2.05, 4.69) is 10.3 Å². The van der Waals surface area contributed by atoms with Crippen LogP contribution in [0.2, 0.25) is 0 Å². The first-order valence-electron chi connectivity index (χ1n) is 7.28. The van der Waals surface area contributed by atoms with Crippen LogP contribution < -0.4 is 10.2 Å². The SMILES string of the molecule is O=C(Cc1csc(N2CCCC2=O)n1)NCc1ccccc1. The van der Waals surface area contributed by atoms with E-state index < -0.39 is 0 Å². The molecule has 2 amide bonds. The highest BCUT2D eigenvalue weighted by Gasteiger charge is 2.24. The molecule has 1 saturated heterocycles. The van der Waals surface area contributed by atoms with Crippen LogP contribution in [-0.2, 0) is 22.6 Å². The molecule has 1 N–H and O–H groups in total. The van der Waals surface area contributed by atoms with Crippen molar-refractivity contribution in [1.82, 2.24) is 10.3 Å². The van der Waals surface area contributed by atoms with Crippen molar-refractivity contribution in [2.24, 2.45) is 0 Å². The summed E-state index contributed by atoms with van der Waals surface area (Å²) in [6, 6.07) is 9.78. The summed E-state index contributed by atoms with van der Waals surface area (Å²) < 4.78 is 0. The molecule has 5 nitrogen and oxygen atoms in total. The monoisotopic (exact) mass is 315 g/mol. The lowest BCUT2D eigenvalue weighted by molar-refractivity contribution is -0.120. The van der Waals surface area contributed by atoms with Gasteiger partial charge in [0.1, 0.15) is 0 Å². The predicted octanol–water partition coefficient (Wildman–Crippen LogP) is 2.13. The number of amides is 2. The van der Waals surface area contributed by atoms with Crippen molar-refractivity contribution < 1.29 is 9.59 Å². The molecular weight excluding hydrogens is 298 g/mol. The molecule has 1 aromatic carbocycles. The second-order valence-electron chi connectivity index (χ2n) is 5.21. The van der Waals surface area contributed by atoms with Crippen molar-refractivity contribution in [3.8, 4) is 0 Å². The molecule has 0 bridgehead atoms. The number of rotatable bonds is 5. The van der Waals surface area contributed by atoms with Gasteiger partial charge in [0, 0.05) is 24.9 Å². The molecule has 2 heterocycles. The van der Waals surface area contributed by atoms with Crippen LogP contribution in [0.3, 0.4) is 0 Å². The maximum atomic E-state index is 12.0. The molecule has 6 heteroatoms. The third-order valence-corrected chi connectivity index (χ3v) is 4.43. The molecule has 1 aliphatic rings. The molecule has 1 aromatic heterocycles. The molecule has 3 rings (SSSR count). The highest BCUT2D eigenvalue weighted by atomic mass is 32.1. The zero-order valence-electron chi connectivity index (χ0n) is 12.1. The Hall–Kier alpha value is -2.21. The lowest BCUT2D eigenvalue weighted by Crippen LogP contribution is -2.25. The van der Waals surface area contributed by atoms with Gasteiger partial charge >= 0.3 is 0 Å². The number of aromatic nitrogens is 1. The van der Waals surface area contributed by atoms with Crippen LogP contribution in [0.25, 0.3) is 0 Å². The molecule has 0 spiro atoms. The Kier molecular flexibility index (Phi) is 4.48. The Labute approximate surface area is 133 Å². The molecule has 1 aliphatic heterocycles. The van der Waals surface area contributed by atoms with Crippen molar-refractivity contribution in [1.29, 1.82) is 0 Å². The van der Waals surface area contributed by atoms with Crippen molar-refractivity contribution in [2.75, 3.05) is 11.4 Å². The standard InChI is InChI=1S/C16H17N3O2S/c20-14(17-10-12-5-2-1-3-6-12)9-13-11-22-16(18-13)19-8-4-7-15(19)21/h1-3,5-6,11H,4,7-10H2,(H,17,20). The fourth-order valence-electron chi connectivity index (χ4n) is 2.38. The van der Waals surface area contributed by atoms with E-state index in [1.807, 2.05) is 35.7 Å². The Morgan fingerprint density at radius 2 is 2.14 bits per heavy atom. The predicted molar refractivity (Wildman–Crippen MR) is 85.7 cm³/mol. The number of carbonyl (C=O) groups excluding carboxylic acids is 2. The van der Waals surface area contributed by atoms with Crippen LogP contribution in [0.15, 0.2) is 35.7 Å². The Balaban J connectivity index is 1.53. The van der Waals surface area contributed by atoms with Gasteiger partial charge in [0.25, 0.3) is 0 Å². The number of benzene rings is 1. The summed E-state index contributed by atoms with van der Waals surface area (Å²) >= 11 is 1.42. The van der Waals surface area contributed by atoms with E-state index in [1.54, 1.807) is 4.90 Å². The highest BCUT2D eigenvalue weighted by Crippen LogP contribution is 2.25. The van der Waals surface area contributed by atoms with Crippen LogP contribution in [0.4, 0.5) is 5.13 Å². The lowest BCUT2D eigenvalue weighted by Gasteiger charge is -2.10. The van der Waals surface area contributed by atoms with E-state index in [4.69, 9.17) is 0 Å². The molecule has 0 unspecified atom stereocenters. The van der Waals surface area contributed by atoms with Gasteiger partial charge in [0.15, 0.2) is 5.13 Å². The van der Waals surface area contributed by atoms with Gasteiger partial charge in [-0.3, -0.25) is 14.5 Å². The molecule has 0 radical (unpaired) electrons. The minimum atomic E-state index is -0.0616. The average Bonchev–Trinajstić information content (AvgIpc) is 3.15. The topological polar surface area (TPSA) is 62.3 Å². The zero-order chi connectivity index (χ0) is 15.4. The molecule has 2 aromatic rings. The Bertz CT molecular complexity index is 669. The maximum Gasteiger partial charge on any atom is 0.228 e. The van der Waals surface area contributed by atoms with Gasteiger partial charge in [-0.1, -0.05) is 30.3 Å². The molecule has 0 aliphatic carbocycles. The largest absolute Gasteiger partial charge is 0.352 e. The molecule has 114 valence electrons. The third kappa shape index (κ3) is 3.51. The van der Waals surface area contributed by atoms with E-state index in [-0.39, 0.29) is 18.2 Å². The summed E-state index contributed by atoms with van der Waals surface area (Å²) in [7, 11) is 0. The normalized spacial score (nSPS) is 14.4. The Morgan fingerprint density at radius 3 is 2.86 bits per heavy atom. The quantitative estimate of drug-likeness (QED) is 0.919. The highest BCUT2D eigenvalue weighted by molar-refractivity contribution is 7.14. The summed E-state index contributed by atoms with van der Waals surface area (Å²) in [5.74, 6) is 0.0582. The van der Waals surface area contributed by atoms with Gasteiger partial charge in [-0.2, -0.15) is 0 Å². The fourth-order valence-corrected chi connectivity index (χ4v) is 3.24. The minimum absolute atomic E-state index is 0.0616. The fraction of sp³-hybridized carbons (Fsp3) is 0.312. The number of nitrogens with zero attached hydrogens (tertiary/aromatic N) is 2. The van der Waals surface area contributed by atoms with E-state index >= 15 is 0 Å². The summed E-state index contributed by atoms with van der Waals surface area (Å²) in [6.45, 7) is 1.24. The lowest BCUT2D eigenvalue weighted by atomic mass is 10.2. The molecule has 22 heavy (non-hydrogen) atoms. The second kappa shape index (κ2) is 6.70. The number of anilines is 1. The van der Waals surface area contributed by atoms with Crippen molar-refractivity contribution in [3.05, 3.63) is 47.0 Å². The number of nitrogens with one attached hydrogen (secondary N) is 1. The maximum absolute atomic E-state index is 12.0. The second-order valence-corrected chi connectivity index (χ2v) is 6.05. The van der Waals surface area contributed by atoms with Gasteiger partial charge in [-0.05, 0) is 12.0 Å². The van der Waals surface area contributed by atoms with Crippen LogP contribution in [0.1, 0.15) is 24.1 Å². The van der Waals surface area contributed by atoms with E-state index in [0.717, 1.165) is 18.5 Å². The Morgan fingerprint density at radius 1 is 1.32 bits per heavy atom. The third-order valence-electron chi connectivity index (χ3n) is 3.52. The van der Waals surface area contributed by atoms with Crippen LogP contribution in [0, 0.1) is 0 Å². The van der Waals surface area contributed by atoms with E-state index in [9.17, 15) is 9.59 Å². The van der Waals surface area contributed by atoms with Crippen molar-refractivity contribution in [3.63, 3.8) is 0 Å². The summed E-state index contributed by atoms with van der Waals surface area (Å²) in [5.41, 5.74) is 1.78. The van der Waals surface area contributed by atoms with Gasteiger partial charge in [0.2, 0.25) is 11.8 Å². The van der Waals surface area contributed by atoms with Crippen molar-refractivity contribution >= 4 is 28.3 Å². The summed E-state index contributed by atoms with van der Waals surface area (Å²) in [6.07, 6.45) is 1.71. The van der Waals surface area contributed by atoms with Crippen LogP contribution >= 0.6 is 11.3 Å². The number of hydrogen-bond acceptors (Lipinski definition) is 4. The summed E-state index contributed by atoms with van der Waals surface area (Å²) in [4.78, 5) is 29.7. The molecule has 0 saturated carbocycles. The van der Waals surface area contributed by atoms with Crippen LogP contribution in [-0.4, -0.2) is 23.3 Å². The molecule has 1 fully saturated rings. The first-order valence-corrected chi connectivity index (χ1v) is 8.16. The smallest absolute Gasteiger partial charge is 0.228 e. The molecule has 0 atom stereocenters. The van der Waals surface area contributed by atoms with Crippen LogP contribution in [0.5, 0.6) is 0 Å². The van der Waals surface area contributed by atoms with Gasteiger partial charge < -0.3 is 5.32 Å². The molecular formula is C16H17N3O2S. The first-order chi connectivity index (χ1) is 10.7.